The number of fused-ring (bicyclic) bond motifs is 1. The van der Waals surface area contributed by atoms with E-state index in [0.717, 1.165) is 61.6 Å². The van der Waals surface area contributed by atoms with Crippen LogP contribution in [0, 0.1) is 5.82 Å². The number of rotatable bonds is 8. The molecule has 3 aromatic rings. The number of thiazole rings is 1. The van der Waals surface area contributed by atoms with Crippen molar-refractivity contribution >= 4 is 43.8 Å². The van der Waals surface area contributed by atoms with Crippen LogP contribution in [-0.2, 0) is 10.0 Å². The first-order valence-corrected chi connectivity index (χ1v) is 14.1. The van der Waals surface area contributed by atoms with Gasteiger partial charge in [0.25, 0.3) is 10.0 Å². The largest absolute Gasteiger partial charge is 0.497 e. The third-order valence-corrected chi connectivity index (χ3v) is 9.45. The smallest absolute Gasteiger partial charge is 0.266 e. The third kappa shape index (κ3) is 4.84. The molecule has 0 spiro atoms. The summed E-state index contributed by atoms with van der Waals surface area (Å²) in [5.74, 6) is 0.372. The first kappa shape index (κ1) is 24.3. The predicted octanol–water partition coefficient (Wildman–Crippen LogP) is 5.18. The van der Waals surface area contributed by atoms with E-state index in [-0.39, 0.29) is 15.7 Å². The molecule has 7 nitrogen and oxygen atoms in total. The van der Waals surface area contributed by atoms with Crippen LogP contribution in [0.15, 0.2) is 52.9 Å². The highest BCUT2D eigenvalue weighted by Crippen LogP contribution is 2.46. The Morgan fingerprint density at radius 2 is 2.11 bits per heavy atom. The number of hydrogen-bond donors (Lipinski definition) is 2. The maximum absolute atomic E-state index is 14.9. The van der Waals surface area contributed by atoms with Gasteiger partial charge in [-0.15, -0.1) is 11.3 Å². The molecule has 3 heterocycles. The molecule has 0 radical (unpaired) electrons. The van der Waals surface area contributed by atoms with Crippen molar-refractivity contribution in [2.24, 2.45) is 0 Å². The molecule has 35 heavy (non-hydrogen) atoms. The van der Waals surface area contributed by atoms with Gasteiger partial charge >= 0.3 is 0 Å². The molecular weight excluding hydrogens is 511 g/mol. The molecule has 5 rings (SSSR count). The standard InChI is InChI=1S/C24H26ClFN4O3S2/c1-33-18-5-3-16(4-6-18)17-13-24(7-2-9-30(24)14-17)15-28-21-12-20(26)22(11-19(21)25)35(31,32)29-23-27-8-10-34-23/h3-6,8,10-12,17,28H,2,7,9,13-15H2,1H3,(H,27,29)/t17-,24+/m0/s1. The van der Waals surface area contributed by atoms with Crippen molar-refractivity contribution in [3.05, 3.63) is 64.4 Å². The van der Waals surface area contributed by atoms with Crippen LogP contribution in [0.4, 0.5) is 15.2 Å². The number of methoxy groups -OCH3 is 1. The van der Waals surface area contributed by atoms with E-state index in [1.807, 2.05) is 12.1 Å². The average molecular weight is 537 g/mol. The minimum Gasteiger partial charge on any atom is -0.497 e. The van der Waals surface area contributed by atoms with Gasteiger partial charge in [0, 0.05) is 30.2 Å². The molecule has 2 aromatic carbocycles. The average Bonchev–Trinajstić information content (AvgIpc) is 3.55. The Bertz CT molecular complexity index is 1310. The van der Waals surface area contributed by atoms with Crippen LogP contribution in [0.3, 0.4) is 0 Å². The Hall–Kier alpha value is -2.40. The van der Waals surface area contributed by atoms with Crippen molar-refractivity contribution in [3.8, 4) is 5.75 Å². The lowest BCUT2D eigenvalue weighted by atomic mass is 9.86. The summed E-state index contributed by atoms with van der Waals surface area (Å²) in [6.45, 7) is 2.59. The number of hydrogen-bond acceptors (Lipinski definition) is 7. The molecule has 2 aliphatic heterocycles. The fourth-order valence-corrected chi connectivity index (χ4v) is 7.42. The van der Waals surface area contributed by atoms with E-state index < -0.39 is 20.7 Å². The van der Waals surface area contributed by atoms with Crippen LogP contribution in [0.25, 0.3) is 0 Å². The summed E-state index contributed by atoms with van der Waals surface area (Å²) in [6, 6.07) is 10.5. The molecule has 11 heteroatoms. The highest BCUT2D eigenvalue weighted by atomic mass is 35.5. The molecule has 0 bridgehead atoms. The van der Waals surface area contributed by atoms with E-state index in [0.29, 0.717) is 18.2 Å². The van der Waals surface area contributed by atoms with Gasteiger partial charge < -0.3 is 10.1 Å². The molecular formula is C24H26ClFN4O3S2. The fraction of sp³-hybridized carbons (Fsp3) is 0.375. The van der Waals surface area contributed by atoms with Crippen molar-refractivity contribution in [2.75, 3.05) is 36.8 Å². The van der Waals surface area contributed by atoms with Gasteiger partial charge in [-0.05, 0) is 61.6 Å². The van der Waals surface area contributed by atoms with Crippen LogP contribution in [-0.4, -0.2) is 50.6 Å². The highest BCUT2D eigenvalue weighted by Gasteiger charge is 2.48. The molecule has 2 N–H and O–H groups in total. The van der Waals surface area contributed by atoms with Gasteiger partial charge in [-0.3, -0.25) is 9.62 Å². The molecule has 0 aliphatic carbocycles. The van der Waals surface area contributed by atoms with Crippen molar-refractivity contribution in [1.82, 2.24) is 9.88 Å². The van der Waals surface area contributed by atoms with E-state index in [1.165, 1.54) is 11.8 Å². The lowest BCUT2D eigenvalue weighted by Crippen LogP contribution is -2.44. The third-order valence-electron chi connectivity index (χ3n) is 6.97. The van der Waals surface area contributed by atoms with Gasteiger partial charge in [0.15, 0.2) is 5.13 Å². The second kappa shape index (κ2) is 9.57. The Morgan fingerprint density at radius 1 is 1.31 bits per heavy atom. The second-order valence-corrected chi connectivity index (χ2v) is 12.0. The quantitative estimate of drug-likeness (QED) is 0.413. The lowest BCUT2D eigenvalue weighted by Gasteiger charge is -2.32. The Kier molecular flexibility index (Phi) is 6.65. The molecule has 186 valence electrons. The van der Waals surface area contributed by atoms with E-state index in [1.54, 1.807) is 12.5 Å². The van der Waals surface area contributed by atoms with Gasteiger partial charge in [0.05, 0.1) is 17.8 Å². The molecule has 2 fully saturated rings. The first-order chi connectivity index (χ1) is 16.8. The number of sulfonamides is 1. The van der Waals surface area contributed by atoms with Crippen LogP contribution in [0.2, 0.25) is 5.02 Å². The minimum absolute atomic E-state index is 0.0540. The zero-order valence-electron chi connectivity index (χ0n) is 19.1. The second-order valence-electron chi connectivity index (χ2n) is 9.01. The first-order valence-electron chi connectivity index (χ1n) is 11.3. The molecule has 2 aliphatic rings. The molecule has 1 aromatic heterocycles. The number of nitrogens with one attached hydrogen (secondary N) is 2. The number of halogens is 2. The fourth-order valence-electron chi connectivity index (χ4n) is 5.24. The Morgan fingerprint density at radius 3 is 2.83 bits per heavy atom. The van der Waals surface area contributed by atoms with Crippen LogP contribution in [0.5, 0.6) is 5.75 Å². The summed E-state index contributed by atoms with van der Waals surface area (Å²) in [5.41, 5.74) is 1.61. The normalized spacial score (nSPS) is 22.2. The molecule has 0 amide bonds. The molecule has 0 unspecified atom stereocenters. The van der Waals surface area contributed by atoms with Gasteiger partial charge in [-0.25, -0.2) is 17.8 Å². The van der Waals surface area contributed by atoms with E-state index in [9.17, 15) is 12.8 Å². The summed E-state index contributed by atoms with van der Waals surface area (Å²) >= 11 is 7.52. The zero-order valence-corrected chi connectivity index (χ0v) is 21.5. The number of nitrogens with zero attached hydrogens (tertiary/aromatic N) is 2. The summed E-state index contributed by atoms with van der Waals surface area (Å²) < 4.78 is 47.7. The lowest BCUT2D eigenvalue weighted by molar-refractivity contribution is 0.209. The summed E-state index contributed by atoms with van der Waals surface area (Å²) in [7, 11) is -2.49. The zero-order chi connectivity index (χ0) is 24.6. The number of aromatic nitrogens is 1. The SMILES string of the molecule is COc1ccc([C@@H]2CN3CCC[C@]3(CNc3cc(F)c(S(=O)(=O)Nc4nccs4)cc3Cl)C2)cc1. The maximum Gasteiger partial charge on any atom is 0.266 e. The van der Waals surface area contributed by atoms with Crippen LogP contribution < -0.4 is 14.8 Å². The molecule has 0 saturated carbocycles. The van der Waals surface area contributed by atoms with Gasteiger partial charge in [-0.2, -0.15) is 0 Å². The highest BCUT2D eigenvalue weighted by molar-refractivity contribution is 7.93. The Balaban J connectivity index is 1.31. The van der Waals surface area contributed by atoms with Crippen LogP contribution in [0.1, 0.15) is 30.7 Å². The van der Waals surface area contributed by atoms with Crippen LogP contribution >= 0.6 is 22.9 Å². The number of ether oxygens (including phenoxy) is 1. The van der Waals surface area contributed by atoms with Crippen molar-refractivity contribution in [1.29, 1.82) is 0 Å². The maximum atomic E-state index is 14.9. The van der Waals surface area contributed by atoms with Crippen molar-refractivity contribution in [2.45, 2.75) is 35.6 Å². The Labute approximate surface area is 213 Å². The number of benzene rings is 2. The molecule has 2 saturated heterocycles. The van der Waals surface area contributed by atoms with Gasteiger partial charge in [-0.1, -0.05) is 23.7 Å². The molecule has 2 atom stereocenters. The van der Waals surface area contributed by atoms with Crippen molar-refractivity contribution < 1.29 is 17.5 Å². The topological polar surface area (TPSA) is 83.6 Å². The summed E-state index contributed by atoms with van der Waals surface area (Å²) in [5, 5.41) is 5.25. The number of anilines is 2. The predicted molar refractivity (Wildman–Crippen MR) is 137 cm³/mol. The summed E-state index contributed by atoms with van der Waals surface area (Å²) in [6.07, 6.45) is 4.60. The van der Waals surface area contributed by atoms with Gasteiger partial charge in [0.1, 0.15) is 16.5 Å². The van der Waals surface area contributed by atoms with Gasteiger partial charge in [0.2, 0.25) is 0 Å². The minimum atomic E-state index is -4.15. The van der Waals surface area contributed by atoms with E-state index in [4.69, 9.17) is 16.3 Å². The summed E-state index contributed by atoms with van der Waals surface area (Å²) in [4.78, 5) is 5.89. The van der Waals surface area contributed by atoms with Crippen molar-refractivity contribution in [3.63, 3.8) is 0 Å². The monoisotopic (exact) mass is 536 g/mol. The van der Waals surface area contributed by atoms with E-state index in [2.05, 4.69) is 32.1 Å². The van der Waals surface area contributed by atoms with E-state index >= 15 is 0 Å².